The van der Waals surface area contributed by atoms with Gasteiger partial charge in [0.2, 0.25) is 0 Å². The third kappa shape index (κ3) is 3.48. The monoisotopic (exact) mass is 425 g/mol. The van der Waals surface area contributed by atoms with Crippen LogP contribution in [0.1, 0.15) is 62.5 Å². The lowest BCUT2D eigenvalue weighted by molar-refractivity contribution is 0.366. The summed E-state index contributed by atoms with van der Waals surface area (Å²) in [5, 5.41) is 0. The normalized spacial score (nSPS) is 21.8. The first kappa shape index (κ1) is 21.1. The minimum absolute atomic E-state index is 0.702. The van der Waals surface area contributed by atoms with E-state index in [1.165, 1.54) is 54.5 Å². The van der Waals surface area contributed by atoms with Gasteiger partial charge in [-0.15, -0.1) is 0 Å². The zero-order valence-corrected chi connectivity index (χ0v) is 19.9. The molecular formula is C29H35N3. The van der Waals surface area contributed by atoms with Gasteiger partial charge in [-0.05, 0) is 61.4 Å². The number of likely N-dealkylation sites (N-methyl/N-ethyl adjacent to an activating group) is 1. The molecule has 0 N–H and O–H groups in total. The third-order valence-electron chi connectivity index (χ3n) is 7.65. The summed E-state index contributed by atoms with van der Waals surface area (Å²) < 4.78 is 0. The summed E-state index contributed by atoms with van der Waals surface area (Å²) in [7, 11) is 2.15. The topological polar surface area (TPSA) is 18.8 Å². The summed E-state index contributed by atoms with van der Waals surface area (Å²) in [6, 6.07) is 6.71. The second-order valence-corrected chi connectivity index (χ2v) is 9.81. The molecule has 0 unspecified atom stereocenters. The van der Waals surface area contributed by atoms with Crippen LogP contribution in [0, 0.1) is 19.8 Å². The molecule has 1 saturated carbocycles. The fraction of sp³-hybridized carbons (Fsp3) is 0.414. The molecule has 1 aromatic carbocycles. The fourth-order valence-corrected chi connectivity index (χ4v) is 5.64. The summed E-state index contributed by atoms with van der Waals surface area (Å²) in [5.74, 6) is 2.84. The van der Waals surface area contributed by atoms with Crippen LogP contribution < -0.4 is 4.90 Å². The highest BCUT2D eigenvalue weighted by atomic mass is 15.3. The lowest BCUT2D eigenvalue weighted by Gasteiger charge is -2.42. The number of hydrogen-bond acceptors (Lipinski definition) is 3. The zero-order valence-electron chi connectivity index (χ0n) is 19.9. The molecule has 3 heteroatoms. The summed E-state index contributed by atoms with van der Waals surface area (Å²) in [6.45, 7) is 13.5. The molecule has 0 saturated heterocycles. The van der Waals surface area contributed by atoms with E-state index >= 15 is 0 Å². The van der Waals surface area contributed by atoms with Gasteiger partial charge in [0.15, 0.2) is 0 Å². The van der Waals surface area contributed by atoms with E-state index in [-0.39, 0.29) is 0 Å². The van der Waals surface area contributed by atoms with Crippen LogP contribution >= 0.6 is 0 Å². The minimum atomic E-state index is 0.702. The highest BCUT2D eigenvalue weighted by Gasteiger charge is 2.37. The maximum Gasteiger partial charge on any atom is 0.144 e. The van der Waals surface area contributed by atoms with E-state index in [1.54, 1.807) is 0 Å². The molecule has 4 aliphatic rings. The quantitative estimate of drug-likeness (QED) is 0.505. The molecule has 2 heterocycles. The largest absolute Gasteiger partial charge is 0.329 e. The van der Waals surface area contributed by atoms with Crippen molar-refractivity contribution in [2.45, 2.75) is 65.2 Å². The number of fused-ring (bicyclic) bond motifs is 1. The molecule has 2 aliphatic carbocycles. The summed E-state index contributed by atoms with van der Waals surface area (Å²) in [4.78, 5) is 9.92. The summed E-state index contributed by atoms with van der Waals surface area (Å²) >= 11 is 0. The molecular weight excluding hydrogens is 390 g/mol. The predicted octanol–water partition coefficient (Wildman–Crippen LogP) is 7.32. The Morgan fingerprint density at radius 1 is 1.00 bits per heavy atom. The first-order valence-corrected chi connectivity index (χ1v) is 12.2. The third-order valence-corrected chi connectivity index (χ3v) is 7.65. The predicted molar refractivity (Wildman–Crippen MR) is 135 cm³/mol. The highest BCUT2D eigenvalue weighted by Crippen LogP contribution is 2.46. The van der Waals surface area contributed by atoms with E-state index < -0.39 is 0 Å². The molecule has 0 aromatic heterocycles. The first-order chi connectivity index (χ1) is 15.5. The van der Waals surface area contributed by atoms with Crippen molar-refractivity contribution in [3.63, 3.8) is 0 Å². The number of aliphatic imine (C=N–C) groups is 1. The number of allylic oxidation sites excluding steroid dienone is 4. The van der Waals surface area contributed by atoms with Gasteiger partial charge in [-0.3, -0.25) is 4.90 Å². The van der Waals surface area contributed by atoms with Crippen molar-refractivity contribution >= 4 is 11.5 Å². The number of benzene rings is 1. The lowest BCUT2D eigenvalue weighted by atomic mass is 9.84. The number of amidine groups is 1. The van der Waals surface area contributed by atoms with E-state index in [0.717, 1.165) is 53.4 Å². The van der Waals surface area contributed by atoms with Gasteiger partial charge >= 0.3 is 0 Å². The molecule has 0 radical (unpaired) electrons. The molecule has 2 aliphatic heterocycles. The Balaban J connectivity index is 1.62. The second-order valence-electron chi connectivity index (χ2n) is 9.81. The Bertz CT molecular complexity index is 1110. The highest BCUT2D eigenvalue weighted by molar-refractivity contribution is 6.04. The fourth-order valence-electron chi connectivity index (χ4n) is 5.64. The van der Waals surface area contributed by atoms with Crippen LogP contribution in [-0.2, 0) is 0 Å². The van der Waals surface area contributed by atoms with E-state index in [1.807, 2.05) is 0 Å². The number of nitrogens with zero attached hydrogens (tertiary/aromatic N) is 3. The summed E-state index contributed by atoms with van der Waals surface area (Å²) in [5.41, 5.74) is 9.41. The molecule has 3 nitrogen and oxygen atoms in total. The first-order valence-electron chi connectivity index (χ1n) is 12.2. The van der Waals surface area contributed by atoms with Crippen LogP contribution in [-0.4, -0.2) is 17.8 Å². The Labute approximate surface area is 193 Å². The molecule has 166 valence electrons. The number of hydrogen-bond donors (Lipinski definition) is 0. The van der Waals surface area contributed by atoms with Gasteiger partial charge in [0, 0.05) is 36.0 Å². The van der Waals surface area contributed by atoms with Gasteiger partial charge in [0.25, 0.3) is 0 Å². The average Bonchev–Trinajstić information content (AvgIpc) is 2.80. The van der Waals surface area contributed by atoms with Crippen LogP contribution in [0.15, 0.2) is 82.4 Å². The van der Waals surface area contributed by atoms with E-state index in [0.29, 0.717) is 5.92 Å². The molecule has 0 atom stereocenters. The molecule has 0 bridgehead atoms. The van der Waals surface area contributed by atoms with Crippen molar-refractivity contribution in [1.29, 1.82) is 0 Å². The van der Waals surface area contributed by atoms with E-state index in [4.69, 9.17) is 4.99 Å². The molecule has 1 fully saturated rings. The van der Waals surface area contributed by atoms with Crippen molar-refractivity contribution in [1.82, 2.24) is 4.90 Å². The lowest BCUT2D eigenvalue weighted by Crippen LogP contribution is -2.40. The van der Waals surface area contributed by atoms with Crippen LogP contribution in [0.25, 0.3) is 0 Å². The Morgan fingerprint density at radius 2 is 1.75 bits per heavy atom. The molecule has 0 spiro atoms. The van der Waals surface area contributed by atoms with Crippen molar-refractivity contribution in [2.24, 2.45) is 10.9 Å². The molecule has 5 rings (SSSR count). The Hall–Kier alpha value is -2.81. The van der Waals surface area contributed by atoms with Crippen molar-refractivity contribution < 1.29 is 0 Å². The average molecular weight is 426 g/mol. The number of rotatable bonds is 3. The van der Waals surface area contributed by atoms with Crippen LogP contribution in [0.2, 0.25) is 0 Å². The minimum Gasteiger partial charge on any atom is -0.329 e. The van der Waals surface area contributed by atoms with Crippen LogP contribution in [0.3, 0.4) is 0 Å². The van der Waals surface area contributed by atoms with Crippen LogP contribution in [0.5, 0.6) is 0 Å². The molecule has 32 heavy (non-hydrogen) atoms. The SMILES string of the molecule is C=C1C2=CCCC=C2N(C)C2=C1C(=C)N(c1ccc(C)c(C)c1)C(CC1CCCCC1)=N2. The smallest absolute Gasteiger partial charge is 0.144 e. The second kappa shape index (κ2) is 8.27. The standard InChI is InChI=1S/C29H35N3/c1-19-15-16-24(17-20(19)2)32-22(4)28-21(3)25-13-9-10-14-26(25)31(5)29(28)30-27(32)18-23-11-7-6-8-12-23/h13-17,23H,3-4,6-12,18H2,1-2,5H3. The van der Waals surface area contributed by atoms with Crippen molar-refractivity contribution in [2.75, 3.05) is 11.9 Å². The van der Waals surface area contributed by atoms with Gasteiger partial charge < -0.3 is 4.90 Å². The van der Waals surface area contributed by atoms with Crippen molar-refractivity contribution in [3.8, 4) is 0 Å². The van der Waals surface area contributed by atoms with Gasteiger partial charge in [0.1, 0.15) is 11.7 Å². The number of aryl methyl sites for hydroxylation is 2. The maximum atomic E-state index is 5.34. The van der Waals surface area contributed by atoms with Crippen molar-refractivity contribution in [3.05, 3.63) is 88.6 Å². The van der Waals surface area contributed by atoms with Gasteiger partial charge in [-0.25, -0.2) is 4.99 Å². The van der Waals surface area contributed by atoms with Gasteiger partial charge in [-0.1, -0.05) is 63.5 Å². The van der Waals surface area contributed by atoms with Gasteiger partial charge in [0.05, 0.1) is 5.70 Å². The number of anilines is 1. The molecule has 1 aromatic rings. The van der Waals surface area contributed by atoms with E-state index in [9.17, 15) is 0 Å². The zero-order chi connectivity index (χ0) is 22.4. The Kier molecular flexibility index (Phi) is 5.44. The Morgan fingerprint density at radius 3 is 2.50 bits per heavy atom. The maximum absolute atomic E-state index is 5.34. The molecule has 0 amide bonds. The summed E-state index contributed by atoms with van der Waals surface area (Å²) in [6.07, 6.45) is 14.5. The van der Waals surface area contributed by atoms with Crippen LogP contribution in [0.4, 0.5) is 5.69 Å². The van der Waals surface area contributed by atoms with Gasteiger partial charge in [-0.2, -0.15) is 0 Å². The van der Waals surface area contributed by atoms with E-state index in [2.05, 4.69) is 74.2 Å².